The number of hydrogen-bond donors (Lipinski definition) is 1. The third-order valence-corrected chi connectivity index (χ3v) is 6.23. The molecule has 5 heteroatoms. The van der Waals surface area contributed by atoms with Crippen LogP contribution in [0.3, 0.4) is 0 Å². The standard InChI is InChI=1S/C21H31NO3.ClH/c1-20(17-10-5-3-6-11-17,21(24)13-7-4-8-14-21)19(23)25-18-12-9-15-22(2)16-18;/h3,5-6,10-11,18,24H,4,7-9,12-16H2,1-2H3;1H. The highest BCUT2D eigenvalue weighted by molar-refractivity contribution is 5.85. The fraction of sp³-hybridized carbons (Fsp3) is 0.667. The molecule has 0 radical (unpaired) electrons. The molecule has 1 N–H and O–H groups in total. The summed E-state index contributed by atoms with van der Waals surface area (Å²) in [6.45, 7) is 3.70. The molecule has 26 heavy (non-hydrogen) atoms. The van der Waals surface area contributed by atoms with Crippen LogP contribution in [0.2, 0.25) is 0 Å². The predicted octanol–water partition coefficient (Wildman–Crippen LogP) is 3.70. The van der Waals surface area contributed by atoms with Crippen molar-refractivity contribution in [3.05, 3.63) is 35.9 Å². The van der Waals surface area contributed by atoms with Crippen molar-refractivity contribution < 1.29 is 14.6 Å². The summed E-state index contributed by atoms with van der Waals surface area (Å²) in [5.41, 5.74) is -1.21. The van der Waals surface area contributed by atoms with Crippen molar-refractivity contribution in [1.82, 2.24) is 4.90 Å². The number of halogens is 1. The van der Waals surface area contributed by atoms with E-state index < -0.39 is 11.0 Å². The predicted molar refractivity (Wildman–Crippen MR) is 106 cm³/mol. The van der Waals surface area contributed by atoms with Gasteiger partial charge in [0.25, 0.3) is 0 Å². The summed E-state index contributed by atoms with van der Waals surface area (Å²) in [5.74, 6) is -0.275. The van der Waals surface area contributed by atoms with E-state index in [4.69, 9.17) is 4.74 Å². The number of carbonyl (C=O) groups excluding carboxylic acids is 1. The summed E-state index contributed by atoms with van der Waals surface area (Å²) in [4.78, 5) is 15.5. The van der Waals surface area contributed by atoms with Gasteiger partial charge in [0.15, 0.2) is 0 Å². The zero-order valence-corrected chi connectivity index (χ0v) is 16.8. The topological polar surface area (TPSA) is 49.8 Å². The second kappa shape index (κ2) is 8.73. The van der Waals surface area contributed by atoms with Gasteiger partial charge in [0, 0.05) is 6.54 Å². The maximum Gasteiger partial charge on any atom is 0.319 e. The first-order valence-corrected chi connectivity index (χ1v) is 9.63. The van der Waals surface area contributed by atoms with Crippen molar-refractivity contribution in [2.75, 3.05) is 20.1 Å². The molecule has 1 aromatic carbocycles. The molecule has 0 bridgehead atoms. The number of nitrogens with zero attached hydrogens (tertiary/aromatic N) is 1. The Labute approximate surface area is 163 Å². The van der Waals surface area contributed by atoms with Crippen LogP contribution < -0.4 is 0 Å². The summed E-state index contributed by atoms with van der Waals surface area (Å²) in [7, 11) is 2.06. The van der Waals surface area contributed by atoms with Crippen LogP contribution in [0.4, 0.5) is 0 Å². The van der Waals surface area contributed by atoms with E-state index in [-0.39, 0.29) is 24.5 Å². The molecule has 146 valence electrons. The van der Waals surface area contributed by atoms with E-state index in [0.717, 1.165) is 50.8 Å². The molecular formula is C21H32ClNO3. The molecule has 2 fully saturated rings. The Balaban J connectivity index is 0.00000243. The van der Waals surface area contributed by atoms with Crippen LogP contribution in [-0.2, 0) is 14.9 Å². The first kappa shape index (κ1) is 21.2. The lowest BCUT2D eigenvalue weighted by molar-refractivity contribution is -0.173. The third kappa shape index (κ3) is 4.08. The molecule has 2 aliphatic rings. The van der Waals surface area contributed by atoms with Gasteiger partial charge in [-0.25, -0.2) is 0 Å². The summed E-state index contributed by atoms with van der Waals surface area (Å²) in [6.07, 6.45) is 6.20. The molecule has 1 saturated heterocycles. The number of benzene rings is 1. The minimum absolute atomic E-state index is 0. The second-order valence-corrected chi connectivity index (χ2v) is 8.02. The highest BCUT2D eigenvalue weighted by atomic mass is 35.5. The van der Waals surface area contributed by atoms with Gasteiger partial charge >= 0.3 is 5.97 Å². The average Bonchev–Trinajstić information content (AvgIpc) is 2.62. The first-order chi connectivity index (χ1) is 12.0. The van der Waals surface area contributed by atoms with E-state index >= 15 is 0 Å². The van der Waals surface area contributed by atoms with Crippen molar-refractivity contribution in [2.45, 2.75) is 69.0 Å². The van der Waals surface area contributed by atoms with Gasteiger partial charge in [0.2, 0.25) is 0 Å². The van der Waals surface area contributed by atoms with Gasteiger partial charge in [-0.2, -0.15) is 0 Å². The number of carbonyl (C=O) groups is 1. The van der Waals surface area contributed by atoms with E-state index in [9.17, 15) is 9.90 Å². The zero-order chi connectivity index (χ0) is 17.9. The van der Waals surface area contributed by atoms with Crippen molar-refractivity contribution >= 4 is 18.4 Å². The second-order valence-electron chi connectivity index (χ2n) is 8.02. The van der Waals surface area contributed by atoms with E-state index in [2.05, 4.69) is 11.9 Å². The number of rotatable bonds is 4. The molecule has 2 unspecified atom stereocenters. The number of hydrogen-bond acceptors (Lipinski definition) is 4. The van der Waals surface area contributed by atoms with Crippen molar-refractivity contribution in [2.24, 2.45) is 0 Å². The van der Waals surface area contributed by atoms with E-state index in [1.54, 1.807) is 0 Å². The van der Waals surface area contributed by atoms with Gasteiger partial charge in [-0.05, 0) is 51.8 Å². The van der Waals surface area contributed by atoms with Gasteiger partial charge in [0.05, 0.1) is 5.60 Å². The quantitative estimate of drug-likeness (QED) is 0.808. The van der Waals surface area contributed by atoms with E-state index in [0.29, 0.717) is 12.8 Å². The van der Waals surface area contributed by atoms with Crippen molar-refractivity contribution in [1.29, 1.82) is 0 Å². The van der Waals surface area contributed by atoms with E-state index in [1.807, 2.05) is 37.3 Å². The lowest BCUT2D eigenvalue weighted by atomic mass is 9.62. The van der Waals surface area contributed by atoms with Crippen molar-refractivity contribution in [3.8, 4) is 0 Å². The lowest BCUT2D eigenvalue weighted by Gasteiger charge is -2.46. The largest absolute Gasteiger partial charge is 0.460 e. The first-order valence-electron chi connectivity index (χ1n) is 9.63. The van der Waals surface area contributed by atoms with Crippen LogP contribution in [0.15, 0.2) is 30.3 Å². The number of likely N-dealkylation sites (N-methyl/N-ethyl adjacent to an activating group) is 1. The monoisotopic (exact) mass is 381 g/mol. The highest BCUT2D eigenvalue weighted by Crippen LogP contribution is 2.45. The number of piperidine rings is 1. The van der Waals surface area contributed by atoms with Crippen molar-refractivity contribution in [3.63, 3.8) is 0 Å². The van der Waals surface area contributed by atoms with Crippen LogP contribution in [-0.4, -0.2) is 47.8 Å². The minimum atomic E-state index is -1.04. The SMILES string of the molecule is CN1CCCC(OC(=O)C(C)(c2ccccc2)C2(O)CCCCC2)C1.Cl. The number of ether oxygens (including phenoxy) is 1. The van der Waals surface area contributed by atoms with Crippen LogP contribution in [0.25, 0.3) is 0 Å². The molecule has 0 amide bonds. The van der Waals surface area contributed by atoms with Crippen LogP contribution in [0.5, 0.6) is 0 Å². The molecule has 3 rings (SSSR count). The summed E-state index contributed by atoms with van der Waals surface area (Å²) in [5, 5.41) is 11.5. The Morgan fingerprint density at radius 2 is 1.85 bits per heavy atom. The lowest BCUT2D eigenvalue weighted by Crippen LogP contribution is -2.57. The summed E-state index contributed by atoms with van der Waals surface area (Å²) in [6, 6.07) is 9.70. The molecule has 4 nitrogen and oxygen atoms in total. The van der Waals surface area contributed by atoms with Gasteiger partial charge in [-0.3, -0.25) is 4.79 Å². The number of likely N-dealkylation sites (tertiary alicyclic amines) is 1. The number of esters is 1. The molecule has 2 atom stereocenters. The average molecular weight is 382 g/mol. The van der Waals surface area contributed by atoms with E-state index in [1.165, 1.54) is 0 Å². The summed E-state index contributed by atoms with van der Waals surface area (Å²) < 4.78 is 5.96. The number of aliphatic hydroxyl groups is 1. The third-order valence-electron chi connectivity index (χ3n) is 6.23. The van der Waals surface area contributed by atoms with Gasteiger partial charge in [-0.15, -0.1) is 12.4 Å². The Kier molecular flexibility index (Phi) is 7.12. The fourth-order valence-corrected chi connectivity index (χ4v) is 4.47. The maximum absolute atomic E-state index is 13.3. The van der Waals surface area contributed by atoms with Gasteiger partial charge in [-0.1, -0.05) is 49.6 Å². The molecule has 0 spiro atoms. The molecule has 1 heterocycles. The Bertz CT molecular complexity index is 588. The molecule has 1 saturated carbocycles. The highest BCUT2D eigenvalue weighted by Gasteiger charge is 2.55. The smallest absolute Gasteiger partial charge is 0.319 e. The van der Waals surface area contributed by atoms with Crippen LogP contribution in [0.1, 0.15) is 57.4 Å². The fourth-order valence-electron chi connectivity index (χ4n) is 4.47. The minimum Gasteiger partial charge on any atom is -0.460 e. The molecule has 0 aromatic heterocycles. The molecular weight excluding hydrogens is 350 g/mol. The maximum atomic E-state index is 13.3. The zero-order valence-electron chi connectivity index (χ0n) is 15.9. The molecule has 1 aliphatic carbocycles. The molecule has 1 aromatic rings. The van der Waals surface area contributed by atoms with Crippen LogP contribution in [0, 0.1) is 0 Å². The van der Waals surface area contributed by atoms with Gasteiger partial charge in [0.1, 0.15) is 11.5 Å². The molecule has 1 aliphatic heterocycles. The normalized spacial score (nSPS) is 25.6. The Morgan fingerprint density at radius 1 is 1.19 bits per heavy atom. The summed E-state index contributed by atoms with van der Waals surface area (Å²) >= 11 is 0. The Morgan fingerprint density at radius 3 is 2.46 bits per heavy atom. The van der Waals surface area contributed by atoms with Crippen LogP contribution >= 0.6 is 12.4 Å². The Hall–Kier alpha value is -1.10. The van der Waals surface area contributed by atoms with Gasteiger partial charge < -0.3 is 14.7 Å².